The van der Waals surface area contributed by atoms with Gasteiger partial charge in [0.25, 0.3) is 5.91 Å². The van der Waals surface area contributed by atoms with E-state index in [2.05, 4.69) is 55.3 Å². The summed E-state index contributed by atoms with van der Waals surface area (Å²) >= 11 is 0. The number of ether oxygens (including phenoxy) is 1. The molecule has 1 N–H and O–H groups in total. The smallest absolute Gasteiger partial charge is 0.261 e. The minimum absolute atomic E-state index is 0.0645. The van der Waals surface area contributed by atoms with Crippen molar-refractivity contribution in [3.63, 3.8) is 0 Å². The first-order valence-corrected chi connectivity index (χ1v) is 11.3. The van der Waals surface area contributed by atoms with Crippen LogP contribution in [0.1, 0.15) is 62.8 Å². The number of carbonyl (C=O) groups excluding carboxylic acids is 1. The van der Waals surface area contributed by atoms with E-state index in [4.69, 9.17) is 4.74 Å². The molecular weight excluding hydrogens is 372 g/mol. The van der Waals surface area contributed by atoms with Gasteiger partial charge in [-0.1, -0.05) is 32.0 Å². The van der Waals surface area contributed by atoms with E-state index >= 15 is 0 Å². The van der Waals surface area contributed by atoms with Crippen molar-refractivity contribution < 1.29 is 9.53 Å². The molecule has 2 aromatic rings. The number of carbonyl (C=O) groups is 1. The number of nitrogens with one attached hydrogen (secondary N) is 1. The fourth-order valence-electron chi connectivity index (χ4n) is 3.90. The van der Waals surface area contributed by atoms with E-state index in [-0.39, 0.29) is 11.9 Å². The van der Waals surface area contributed by atoms with Gasteiger partial charge in [-0.15, -0.1) is 0 Å². The van der Waals surface area contributed by atoms with Gasteiger partial charge in [0.15, 0.2) is 6.10 Å². The molecule has 0 aliphatic carbocycles. The maximum absolute atomic E-state index is 12.8. The van der Waals surface area contributed by atoms with Gasteiger partial charge in [0.1, 0.15) is 5.75 Å². The molecule has 0 saturated carbocycles. The second kappa shape index (κ2) is 10.0. The SMILES string of the molecule is CCC(Oc1ccc(C)c(C)c1)C(=O)NC(C)c1ccc(N2CCC(C)CC2)cc1. The Kier molecular flexibility index (Phi) is 7.41. The second-order valence-electron chi connectivity index (χ2n) is 8.75. The van der Waals surface area contributed by atoms with Crippen LogP contribution in [0.2, 0.25) is 0 Å². The van der Waals surface area contributed by atoms with Gasteiger partial charge >= 0.3 is 0 Å². The van der Waals surface area contributed by atoms with E-state index in [1.54, 1.807) is 0 Å². The van der Waals surface area contributed by atoms with Gasteiger partial charge in [0.05, 0.1) is 6.04 Å². The zero-order valence-corrected chi connectivity index (χ0v) is 19.1. The van der Waals surface area contributed by atoms with Crippen molar-refractivity contribution in [2.75, 3.05) is 18.0 Å². The van der Waals surface area contributed by atoms with Crippen molar-refractivity contribution >= 4 is 11.6 Å². The number of benzene rings is 2. The summed E-state index contributed by atoms with van der Waals surface area (Å²) < 4.78 is 5.99. The number of hydrogen-bond donors (Lipinski definition) is 1. The highest BCUT2D eigenvalue weighted by molar-refractivity contribution is 5.81. The summed E-state index contributed by atoms with van der Waals surface area (Å²) in [7, 11) is 0. The van der Waals surface area contributed by atoms with Crippen LogP contribution >= 0.6 is 0 Å². The van der Waals surface area contributed by atoms with Gasteiger partial charge in [-0.25, -0.2) is 0 Å². The van der Waals surface area contributed by atoms with E-state index in [0.717, 1.165) is 30.3 Å². The highest BCUT2D eigenvalue weighted by atomic mass is 16.5. The van der Waals surface area contributed by atoms with E-state index < -0.39 is 6.10 Å². The van der Waals surface area contributed by atoms with E-state index in [1.165, 1.54) is 29.7 Å². The summed E-state index contributed by atoms with van der Waals surface area (Å²) in [4.78, 5) is 15.3. The van der Waals surface area contributed by atoms with Crippen LogP contribution in [0.3, 0.4) is 0 Å². The molecular formula is C26H36N2O2. The molecule has 1 aliphatic heterocycles. The third-order valence-electron chi connectivity index (χ3n) is 6.32. The van der Waals surface area contributed by atoms with Crippen molar-refractivity contribution in [3.05, 3.63) is 59.2 Å². The highest BCUT2D eigenvalue weighted by Crippen LogP contribution is 2.25. The summed E-state index contributed by atoms with van der Waals surface area (Å²) in [5, 5.41) is 3.12. The number of amides is 1. The van der Waals surface area contributed by atoms with Crippen LogP contribution in [0, 0.1) is 19.8 Å². The first-order chi connectivity index (χ1) is 14.4. The lowest BCUT2D eigenvalue weighted by Gasteiger charge is -2.32. The molecule has 30 heavy (non-hydrogen) atoms. The molecule has 162 valence electrons. The van der Waals surface area contributed by atoms with Crippen molar-refractivity contribution in [2.24, 2.45) is 5.92 Å². The van der Waals surface area contributed by atoms with Crippen molar-refractivity contribution in [2.45, 2.75) is 66.0 Å². The summed E-state index contributed by atoms with van der Waals surface area (Å²) in [5.41, 5.74) is 4.77. The van der Waals surface area contributed by atoms with Crippen LogP contribution in [-0.4, -0.2) is 25.1 Å². The molecule has 1 fully saturated rings. The number of hydrogen-bond acceptors (Lipinski definition) is 3. The fraction of sp³-hybridized carbons (Fsp3) is 0.500. The predicted octanol–water partition coefficient (Wildman–Crippen LogP) is 5.57. The summed E-state index contributed by atoms with van der Waals surface area (Å²) in [6.45, 7) is 12.7. The third kappa shape index (κ3) is 5.56. The molecule has 2 atom stereocenters. The van der Waals surface area contributed by atoms with E-state index in [0.29, 0.717) is 6.42 Å². The Morgan fingerprint density at radius 1 is 1.10 bits per heavy atom. The summed E-state index contributed by atoms with van der Waals surface area (Å²) in [6.07, 6.45) is 2.64. The van der Waals surface area contributed by atoms with Gasteiger partial charge in [0, 0.05) is 18.8 Å². The van der Waals surface area contributed by atoms with Crippen molar-refractivity contribution in [3.8, 4) is 5.75 Å². The molecule has 2 aromatic carbocycles. The molecule has 1 aliphatic rings. The molecule has 2 unspecified atom stereocenters. The van der Waals surface area contributed by atoms with Gasteiger partial charge in [-0.05, 0) is 86.9 Å². The lowest BCUT2D eigenvalue weighted by molar-refractivity contribution is -0.128. The normalized spacial score (nSPS) is 16.8. The number of nitrogens with zero attached hydrogens (tertiary/aromatic N) is 1. The number of anilines is 1. The second-order valence-corrected chi connectivity index (χ2v) is 8.75. The predicted molar refractivity (Wildman–Crippen MR) is 124 cm³/mol. The lowest BCUT2D eigenvalue weighted by atomic mass is 9.98. The Balaban J connectivity index is 1.58. The molecule has 1 saturated heterocycles. The van der Waals surface area contributed by atoms with Crippen molar-refractivity contribution in [1.29, 1.82) is 0 Å². The summed E-state index contributed by atoms with van der Waals surface area (Å²) in [5.74, 6) is 1.50. The average molecular weight is 409 g/mol. The molecule has 4 heteroatoms. The largest absolute Gasteiger partial charge is 0.481 e. The Morgan fingerprint density at radius 3 is 2.37 bits per heavy atom. The van der Waals surface area contributed by atoms with Crippen LogP contribution in [0.5, 0.6) is 5.75 Å². The van der Waals surface area contributed by atoms with Gasteiger partial charge in [0.2, 0.25) is 0 Å². The standard InChI is InChI=1S/C26H36N2O2/c1-6-25(30-24-12-7-19(3)20(4)17-24)26(29)27-21(5)22-8-10-23(11-9-22)28-15-13-18(2)14-16-28/h7-12,17-18,21,25H,6,13-16H2,1-5H3,(H,27,29). The minimum Gasteiger partial charge on any atom is -0.481 e. The molecule has 1 amide bonds. The van der Waals surface area contributed by atoms with Gasteiger partial charge in [-0.3, -0.25) is 4.79 Å². The zero-order valence-electron chi connectivity index (χ0n) is 19.1. The Bertz CT molecular complexity index is 839. The third-order valence-corrected chi connectivity index (χ3v) is 6.32. The Morgan fingerprint density at radius 2 is 1.77 bits per heavy atom. The minimum atomic E-state index is -0.496. The molecule has 3 rings (SSSR count). The highest BCUT2D eigenvalue weighted by Gasteiger charge is 2.21. The molecule has 4 nitrogen and oxygen atoms in total. The molecule has 0 bridgehead atoms. The summed E-state index contributed by atoms with van der Waals surface area (Å²) in [6, 6.07) is 14.5. The zero-order chi connectivity index (χ0) is 21.7. The first kappa shape index (κ1) is 22.2. The molecule has 0 spiro atoms. The van der Waals surface area contributed by atoms with Crippen LogP contribution in [0.25, 0.3) is 0 Å². The van der Waals surface area contributed by atoms with Gasteiger partial charge < -0.3 is 15.0 Å². The number of piperidine rings is 1. The topological polar surface area (TPSA) is 41.6 Å². The maximum Gasteiger partial charge on any atom is 0.261 e. The first-order valence-electron chi connectivity index (χ1n) is 11.3. The van der Waals surface area contributed by atoms with E-state index in [9.17, 15) is 4.79 Å². The van der Waals surface area contributed by atoms with Crippen LogP contribution in [0.4, 0.5) is 5.69 Å². The Labute approximate surface area is 181 Å². The molecule has 0 radical (unpaired) electrons. The monoisotopic (exact) mass is 408 g/mol. The molecule has 0 aromatic heterocycles. The van der Waals surface area contributed by atoms with Crippen LogP contribution in [-0.2, 0) is 4.79 Å². The van der Waals surface area contributed by atoms with Gasteiger partial charge in [-0.2, -0.15) is 0 Å². The number of aryl methyl sites for hydroxylation is 2. The van der Waals surface area contributed by atoms with E-state index in [1.807, 2.05) is 32.0 Å². The lowest BCUT2D eigenvalue weighted by Crippen LogP contribution is -2.39. The number of rotatable bonds is 7. The van der Waals surface area contributed by atoms with Crippen LogP contribution in [0.15, 0.2) is 42.5 Å². The quantitative estimate of drug-likeness (QED) is 0.651. The fourth-order valence-corrected chi connectivity index (χ4v) is 3.90. The van der Waals surface area contributed by atoms with Crippen molar-refractivity contribution in [1.82, 2.24) is 5.32 Å². The van der Waals surface area contributed by atoms with Crippen LogP contribution < -0.4 is 15.0 Å². The molecule has 1 heterocycles. The Hall–Kier alpha value is -2.49. The average Bonchev–Trinajstić information content (AvgIpc) is 2.75. The maximum atomic E-state index is 12.8.